The monoisotopic (exact) mass is 454 g/mol. The van der Waals surface area contributed by atoms with Crippen LogP contribution in [-0.4, -0.2) is 48.5 Å². The molecule has 1 unspecified atom stereocenters. The van der Waals surface area contributed by atoms with Crippen molar-refractivity contribution in [3.05, 3.63) is 29.3 Å². The van der Waals surface area contributed by atoms with E-state index in [4.69, 9.17) is 4.74 Å². The molecule has 2 amide bonds. The lowest BCUT2D eigenvalue weighted by Gasteiger charge is -2.14. The van der Waals surface area contributed by atoms with E-state index < -0.39 is 32.7 Å². The number of rotatable bonds is 10. The molecule has 2 rings (SSSR count). The second kappa shape index (κ2) is 10.5. The summed E-state index contributed by atoms with van der Waals surface area (Å²) < 4.78 is 30.4. The standard InChI is InChI=1S/C19H26N4O5S2/c1-5-15(18(25)21-19-23-22-17(29-19)10-12(2)3)30(26,27)11-16(24)20-13-6-8-14(28-4)9-7-13/h6-9,12,15H,5,10-11H2,1-4H3,(H,20,24)(H,21,23,25). The molecule has 0 bridgehead atoms. The third-order valence-corrected chi connectivity index (χ3v) is 7.02. The van der Waals surface area contributed by atoms with Crippen molar-refractivity contribution in [1.29, 1.82) is 0 Å². The van der Waals surface area contributed by atoms with Gasteiger partial charge in [0.05, 0.1) is 7.11 Å². The van der Waals surface area contributed by atoms with Gasteiger partial charge in [-0.15, -0.1) is 10.2 Å². The molecule has 11 heteroatoms. The van der Waals surface area contributed by atoms with Gasteiger partial charge in [-0.05, 0) is 36.6 Å². The van der Waals surface area contributed by atoms with Gasteiger partial charge in [0, 0.05) is 12.1 Å². The average molecular weight is 455 g/mol. The highest BCUT2D eigenvalue weighted by Crippen LogP contribution is 2.20. The molecule has 0 aliphatic rings. The number of ether oxygens (including phenoxy) is 1. The summed E-state index contributed by atoms with van der Waals surface area (Å²) in [4.78, 5) is 24.8. The summed E-state index contributed by atoms with van der Waals surface area (Å²) in [5.74, 6) is -1.26. The number of benzene rings is 1. The summed E-state index contributed by atoms with van der Waals surface area (Å²) in [7, 11) is -2.51. The lowest BCUT2D eigenvalue weighted by molar-refractivity contribution is -0.115. The molecule has 164 valence electrons. The van der Waals surface area contributed by atoms with Gasteiger partial charge in [-0.2, -0.15) is 0 Å². The summed E-state index contributed by atoms with van der Waals surface area (Å²) >= 11 is 1.21. The summed E-state index contributed by atoms with van der Waals surface area (Å²) in [6.45, 7) is 5.65. The highest BCUT2D eigenvalue weighted by atomic mass is 32.2. The minimum absolute atomic E-state index is 0.0294. The maximum absolute atomic E-state index is 12.7. The first kappa shape index (κ1) is 23.7. The number of nitrogens with one attached hydrogen (secondary N) is 2. The molecular weight excluding hydrogens is 428 g/mol. The van der Waals surface area contributed by atoms with Crippen LogP contribution in [0.2, 0.25) is 0 Å². The Morgan fingerprint density at radius 2 is 1.80 bits per heavy atom. The Bertz CT molecular complexity index is 971. The molecule has 0 saturated carbocycles. The average Bonchev–Trinajstić information content (AvgIpc) is 3.07. The first-order valence-electron chi connectivity index (χ1n) is 9.43. The number of anilines is 2. The minimum Gasteiger partial charge on any atom is -0.497 e. The Hall–Kier alpha value is -2.53. The number of methoxy groups -OCH3 is 1. The molecule has 1 heterocycles. The third-order valence-electron chi connectivity index (χ3n) is 4.08. The van der Waals surface area contributed by atoms with E-state index in [2.05, 4.69) is 20.8 Å². The maximum atomic E-state index is 12.7. The van der Waals surface area contributed by atoms with E-state index in [1.54, 1.807) is 31.2 Å². The Kier molecular flexibility index (Phi) is 8.30. The van der Waals surface area contributed by atoms with E-state index in [-0.39, 0.29) is 11.6 Å². The number of carbonyl (C=O) groups excluding carboxylic acids is 2. The van der Waals surface area contributed by atoms with Crippen molar-refractivity contribution in [3.8, 4) is 5.75 Å². The van der Waals surface area contributed by atoms with Crippen LogP contribution in [0.15, 0.2) is 24.3 Å². The fraction of sp³-hybridized carbons (Fsp3) is 0.474. The molecule has 1 aromatic carbocycles. The first-order valence-corrected chi connectivity index (χ1v) is 12.0. The summed E-state index contributed by atoms with van der Waals surface area (Å²) in [5.41, 5.74) is 0.431. The van der Waals surface area contributed by atoms with Crippen molar-refractivity contribution in [2.75, 3.05) is 23.5 Å². The zero-order valence-corrected chi connectivity index (χ0v) is 19.0. The van der Waals surface area contributed by atoms with Crippen LogP contribution in [0.4, 0.5) is 10.8 Å². The zero-order valence-electron chi connectivity index (χ0n) is 17.3. The Morgan fingerprint density at radius 3 is 2.37 bits per heavy atom. The molecule has 0 radical (unpaired) electrons. The van der Waals surface area contributed by atoms with Gasteiger partial charge in [-0.3, -0.25) is 14.9 Å². The van der Waals surface area contributed by atoms with Crippen LogP contribution in [0.3, 0.4) is 0 Å². The predicted octanol–water partition coefficient (Wildman–Crippen LogP) is 2.52. The number of sulfone groups is 1. The van der Waals surface area contributed by atoms with Crippen molar-refractivity contribution in [3.63, 3.8) is 0 Å². The van der Waals surface area contributed by atoms with E-state index >= 15 is 0 Å². The lowest BCUT2D eigenvalue weighted by atomic mass is 10.1. The van der Waals surface area contributed by atoms with E-state index in [0.717, 1.165) is 5.01 Å². The van der Waals surface area contributed by atoms with Crippen LogP contribution in [-0.2, 0) is 25.8 Å². The van der Waals surface area contributed by atoms with Gasteiger partial charge >= 0.3 is 0 Å². The maximum Gasteiger partial charge on any atom is 0.244 e. The Labute approximate surface area is 180 Å². The van der Waals surface area contributed by atoms with E-state index in [0.29, 0.717) is 23.8 Å². The number of hydrogen-bond donors (Lipinski definition) is 2. The number of amides is 2. The Morgan fingerprint density at radius 1 is 1.13 bits per heavy atom. The van der Waals surface area contributed by atoms with Gasteiger partial charge in [0.15, 0.2) is 9.84 Å². The van der Waals surface area contributed by atoms with Crippen molar-refractivity contribution in [1.82, 2.24) is 10.2 Å². The van der Waals surface area contributed by atoms with Crippen LogP contribution in [0.25, 0.3) is 0 Å². The fourth-order valence-corrected chi connectivity index (χ4v) is 5.17. The molecule has 0 spiro atoms. The smallest absolute Gasteiger partial charge is 0.244 e. The van der Waals surface area contributed by atoms with Gasteiger partial charge in [0.2, 0.25) is 16.9 Å². The van der Waals surface area contributed by atoms with E-state index in [1.807, 2.05) is 13.8 Å². The molecule has 0 saturated heterocycles. The summed E-state index contributed by atoms with van der Waals surface area (Å²) in [6.07, 6.45) is 0.746. The SMILES string of the molecule is CCC(C(=O)Nc1nnc(CC(C)C)s1)S(=O)(=O)CC(=O)Nc1ccc(OC)cc1. The summed E-state index contributed by atoms with van der Waals surface area (Å²) in [5, 5.41) is 12.5. The van der Waals surface area contributed by atoms with Crippen LogP contribution in [0, 0.1) is 5.92 Å². The number of aromatic nitrogens is 2. The second-order valence-corrected chi connectivity index (χ2v) is 10.3. The topological polar surface area (TPSA) is 127 Å². The van der Waals surface area contributed by atoms with Crippen LogP contribution < -0.4 is 15.4 Å². The summed E-state index contributed by atoms with van der Waals surface area (Å²) in [6, 6.07) is 6.47. The number of carbonyl (C=O) groups is 2. The van der Waals surface area contributed by atoms with E-state index in [1.165, 1.54) is 18.4 Å². The molecule has 1 atom stereocenters. The van der Waals surface area contributed by atoms with Crippen molar-refractivity contribution in [2.45, 2.75) is 38.9 Å². The predicted molar refractivity (Wildman–Crippen MR) is 117 cm³/mol. The largest absolute Gasteiger partial charge is 0.497 e. The molecule has 2 aromatic rings. The van der Waals surface area contributed by atoms with Crippen LogP contribution >= 0.6 is 11.3 Å². The minimum atomic E-state index is -4.03. The fourth-order valence-electron chi connectivity index (χ4n) is 2.68. The molecular formula is C19H26N4O5S2. The first-order chi connectivity index (χ1) is 14.1. The van der Waals surface area contributed by atoms with Gasteiger partial charge in [0.1, 0.15) is 21.8 Å². The lowest BCUT2D eigenvalue weighted by Crippen LogP contribution is -2.39. The van der Waals surface area contributed by atoms with Gasteiger partial charge in [-0.1, -0.05) is 32.1 Å². The normalized spacial score (nSPS) is 12.4. The van der Waals surface area contributed by atoms with Crippen LogP contribution in [0.5, 0.6) is 5.75 Å². The van der Waals surface area contributed by atoms with E-state index in [9.17, 15) is 18.0 Å². The third kappa shape index (κ3) is 6.77. The van der Waals surface area contributed by atoms with Crippen LogP contribution in [0.1, 0.15) is 32.2 Å². The van der Waals surface area contributed by atoms with Gasteiger partial charge in [0.25, 0.3) is 0 Å². The van der Waals surface area contributed by atoms with Gasteiger partial charge < -0.3 is 10.1 Å². The molecule has 9 nitrogen and oxygen atoms in total. The molecule has 0 aliphatic heterocycles. The number of hydrogen-bond acceptors (Lipinski definition) is 8. The van der Waals surface area contributed by atoms with Crippen molar-refractivity contribution >= 4 is 43.8 Å². The van der Waals surface area contributed by atoms with Crippen molar-refractivity contribution < 1.29 is 22.7 Å². The highest BCUT2D eigenvalue weighted by Gasteiger charge is 2.33. The van der Waals surface area contributed by atoms with Gasteiger partial charge in [-0.25, -0.2) is 8.42 Å². The molecule has 30 heavy (non-hydrogen) atoms. The quantitative estimate of drug-likeness (QED) is 0.564. The molecule has 2 N–H and O–H groups in total. The highest BCUT2D eigenvalue weighted by molar-refractivity contribution is 7.93. The molecule has 0 aliphatic carbocycles. The molecule has 0 fully saturated rings. The Balaban J connectivity index is 2.01. The molecule has 1 aromatic heterocycles. The van der Waals surface area contributed by atoms with Crippen molar-refractivity contribution in [2.24, 2.45) is 5.92 Å². The number of nitrogens with zero attached hydrogens (tertiary/aromatic N) is 2. The zero-order chi connectivity index (χ0) is 22.3. The second-order valence-electron chi connectivity index (χ2n) is 7.07.